The van der Waals surface area contributed by atoms with Crippen molar-refractivity contribution in [1.29, 1.82) is 0 Å². The van der Waals surface area contributed by atoms with Crippen LogP contribution in [0, 0.1) is 0 Å². The number of hydrogen-bond acceptors (Lipinski definition) is 2. The molecule has 3 aromatic rings. The van der Waals surface area contributed by atoms with E-state index in [0.29, 0.717) is 6.42 Å². The summed E-state index contributed by atoms with van der Waals surface area (Å²) < 4.78 is 0. The predicted octanol–water partition coefficient (Wildman–Crippen LogP) is 0.495. The van der Waals surface area contributed by atoms with Crippen LogP contribution in [-0.4, -0.2) is 17.0 Å². The van der Waals surface area contributed by atoms with E-state index >= 15 is 0 Å². The Kier molecular flexibility index (Phi) is 2.98. The average molecular weight is 292 g/mol. The van der Waals surface area contributed by atoms with Gasteiger partial charge in [0.05, 0.1) is 11.7 Å². The van der Waals surface area contributed by atoms with Gasteiger partial charge in [-0.1, -0.05) is 48.5 Å². The minimum absolute atomic E-state index is 0.0414. The number of carbonyl (C=O) groups is 1. The molecule has 0 bridgehead atoms. The summed E-state index contributed by atoms with van der Waals surface area (Å²) in [5, 5.41) is 14.4. The number of aliphatic carboxylic acids is 1. The molecule has 2 aromatic carbocycles. The Bertz CT molecular complexity index is 839. The van der Waals surface area contributed by atoms with E-state index in [9.17, 15) is 9.90 Å². The summed E-state index contributed by atoms with van der Waals surface area (Å²) in [5.74, 6) is -1.00. The van der Waals surface area contributed by atoms with Crippen molar-refractivity contribution < 1.29 is 15.2 Å². The lowest BCUT2D eigenvalue weighted by Gasteiger charge is -2.28. The number of hydrogen-bond donors (Lipinski definition) is 2. The summed E-state index contributed by atoms with van der Waals surface area (Å²) in [4.78, 5) is 14.9. The fourth-order valence-electron chi connectivity index (χ4n) is 3.42. The van der Waals surface area contributed by atoms with E-state index in [-0.39, 0.29) is 6.04 Å². The van der Waals surface area contributed by atoms with Gasteiger partial charge in [0.15, 0.2) is 6.04 Å². The second-order valence-electron chi connectivity index (χ2n) is 5.77. The third-order valence-corrected chi connectivity index (χ3v) is 4.47. The van der Waals surface area contributed by atoms with Crippen molar-refractivity contribution in [1.82, 2.24) is 4.98 Å². The molecule has 0 amide bonds. The molecule has 1 aliphatic rings. The maximum Gasteiger partial charge on any atom is 0.153 e. The van der Waals surface area contributed by atoms with Crippen molar-refractivity contribution in [2.24, 2.45) is 0 Å². The van der Waals surface area contributed by atoms with E-state index in [0.717, 1.165) is 27.7 Å². The minimum Gasteiger partial charge on any atom is -0.544 e. The van der Waals surface area contributed by atoms with Gasteiger partial charge in [-0.05, 0) is 11.6 Å². The maximum atomic E-state index is 11.4. The number of rotatable bonds is 2. The molecule has 1 aromatic heterocycles. The number of nitrogens with two attached hydrogens (primary N) is 1. The Morgan fingerprint density at radius 2 is 1.82 bits per heavy atom. The molecule has 2 heterocycles. The molecule has 0 fully saturated rings. The van der Waals surface area contributed by atoms with Crippen LogP contribution in [0.15, 0.2) is 54.6 Å². The number of carbonyl (C=O) groups excluding carboxylic acids is 1. The van der Waals surface area contributed by atoms with Crippen LogP contribution in [0.2, 0.25) is 0 Å². The van der Waals surface area contributed by atoms with Gasteiger partial charge in [-0.3, -0.25) is 0 Å². The zero-order valence-electron chi connectivity index (χ0n) is 12.0. The average Bonchev–Trinajstić information content (AvgIpc) is 2.93. The summed E-state index contributed by atoms with van der Waals surface area (Å²) in [7, 11) is 0. The molecular formula is C18H16N2O2. The van der Waals surface area contributed by atoms with Gasteiger partial charge in [0.25, 0.3) is 0 Å². The summed E-state index contributed by atoms with van der Waals surface area (Å²) in [5.41, 5.74) is 4.35. The standard InChI is InChI=1S/C18H16N2O2/c21-18(22)15-10-13-12-8-4-5-9-14(12)19-17(13)16(20-15)11-6-2-1-3-7-11/h1-9,15-16,19-20H,10H2,(H,21,22)/t15-,16-/m1/s1. The van der Waals surface area contributed by atoms with Crippen molar-refractivity contribution in [2.45, 2.75) is 18.5 Å². The molecule has 0 spiro atoms. The molecule has 4 rings (SSSR count). The first-order valence-electron chi connectivity index (χ1n) is 7.44. The molecule has 0 aliphatic carbocycles. The molecule has 0 saturated heterocycles. The Morgan fingerprint density at radius 1 is 1.09 bits per heavy atom. The van der Waals surface area contributed by atoms with E-state index in [1.165, 1.54) is 0 Å². The van der Waals surface area contributed by atoms with Crippen LogP contribution >= 0.6 is 0 Å². The van der Waals surface area contributed by atoms with Gasteiger partial charge in [-0.15, -0.1) is 0 Å². The van der Waals surface area contributed by atoms with Gasteiger partial charge in [-0.25, -0.2) is 0 Å². The van der Waals surface area contributed by atoms with Crippen molar-refractivity contribution in [2.75, 3.05) is 0 Å². The molecular weight excluding hydrogens is 276 g/mol. The molecule has 3 N–H and O–H groups in total. The number of nitrogens with one attached hydrogen (secondary N) is 1. The molecule has 4 nitrogen and oxygen atoms in total. The number of quaternary nitrogens is 1. The number of carboxylic acid groups (broad SMARTS) is 1. The summed E-state index contributed by atoms with van der Waals surface area (Å²) in [6, 6.07) is 17.5. The SMILES string of the molecule is O=C([O-])[C@H]1Cc2c([nH]c3ccccc23)[C@@H](c2ccccc2)[NH2+]1. The number of fused-ring (bicyclic) bond motifs is 3. The fourth-order valence-corrected chi connectivity index (χ4v) is 3.42. The molecule has 22 heavy (non-hydrogen) atoms. The lowest BCUT2D eigenvalue weighted by atomic mass is 9.90. The lowest BCUT2D eigenvalue weighted by molar-refractivity contribution is -0.717. The third-order valence-electron chi connectivity index (χ3n) is 4.47. The van der Waals surface area contributed by atoms with Crippen molar-refractivity contribution in [3.05, 3.63) is 71.4 Å². The first-order chi connectivity index (χ1) is 10.7. The minimum atomic E-state index is -1.00. The van der Waals surface area contributed by atoms with Gasteiger partial charge < -0.3 is 20.2 Å². The first-order valence-corrected chi connectivity index (χ1v) is 7.44. The summed E-state index contributed by atoms with van der Waals surface area (Å²) in [6.07, 6.45) is 0.491. The number of aromatic nitrogens is 1. The van der Waals surface area contributed by atoms with Crippen LogP contribution in [0.4, 0.5) is 0 Å². The summed E-state index contributed by atoms with van der Waals surface area (Å²) >= 11 is 0. The Balaban J connectivity index is 1.91. The number of aromatic amines is 1. The first kappa shape index (κ1) is 13.1. The zero-order chi connectivity index (χ0) is 15.1. The molecule has 1 aliphatic heterocycles. The van der Waals surface area contributed by atoms with Crippen LogP contribution in [-0.2, 0) is 11.2 Å². The van der Waals surface area contributed by atoms with Crippen LogP contribution < -0.4 is 10.4 Å². The number of carboxylic acids is 1. The number of benzene rings is 2. The number of para-hydroxylation sites is 1. The largest absolute Gasteiger partial charge is 0.544 e. The monoisotopic (exact) mass is 292 g/mol. The second-order valence-corrected chi connectivity index (χ2v) is 5.77. The van der Waals surface area contributed by atoms with Crippen molar-refractivity contribution in [3.63, 3.8) is 0 Å². The van der Waals surface area contributed by atoms with Crippen LogP contribution in [0.5, 0.6) is 0 Å². The molecule has 110 valence electrons. The molecule has 2 atom stereocenters. The van der Waals surface area contributed by atoms with E-state index in [1.54, 1.807) is 0 Å². The van der Waals surface area contributed by atoms with Gasteiger partial charge in [0.2, 0.25) is 0 Å². The highest BCUT2D eigenvalue weighted by molar-refractivity contribution is 5.86. The molecule has 0 saturated carbocycles. The molecule has 0 unspecified atom stereocenters. The highest BCUT2D eigenvalue weighted by Crippen LogP contribution is 2.31. The fraction of sp³-hybridized carbons (Fsp3) is 0.167. The molecule has 4 heteroatoms. The van der Waals surface area contributed by atoms with E-state index < -0.39 is 12.0 Å². The predicted molar refractivity (Wildman–Crippen MR) is 81.0 cm³/mol. The highest BCUT2D eigenvalue weighted by Gasteiger charge is 2.34. The topological polar surface area (TPSA) is 72.5 Å². The Hall–Kier alpha value is -2.59. The smallest absolute Gasteiger partial charge is 0.153 e. The van der Waals surface area contributed by atoms with Gasteiger partial charge in [0.1, 0.15) is 6.04 Å². The van der Waals surface area contributed by atoms with Gasteiger partial charge >= 0.3 is 0 Å². The summed E-state index contributed by atoms with van der Waals surface area (Å²) in [6.45, 7) is 0. The highest BCUT2D eigenvalue weighted by atomic mass is 16.4. The normalized spacial score (nSPS) is 20.7. The van der Waals surface area contributed by atoms with Crippen LogP contribution in [0.25, 0.3) is 10.9 Å². The maximum absolute atomic E-state index is 11.4. The van der Waals surface area contributed by atoms with E-state index in [2.05, 4.69) is 4.98 Å². The van der Waals surface area contributed by atoms with Gasteiger partial charge in [0, 0.05) is 22.9 Å². The zero-order valence-corrected chi connectivity index (χ0v) is 12.0. The second kappa shape index (κ2) is 5.00. The van der Waals surface area contributed by atoms with E-state index in [1.807, 2.05) is 59.9 Å². The lowest BCUT2D eigenvalue weighted by Crippen LogP contribution is -2.95. The molecule has 0 radical (unpaired) electrons. The third kappa shape index (κ3) is 2.00. The Labute approximate surface area is 127 Å². The Morgan fingerprint density at radius 3 is 2.59 bits per heavy atom. The number of H-pyrrole nitrogens is 1. The quantitative estimate of drug-likeness (QED) is 0.722. The van der Waals surface area contributed by atoms with E-state index in [4.69, 9.17) is 0 Å². The van der Waals surface area contributed by atoms with Crippen LogP contribution in [0.3, 0.4) is 0 Å². The van der Waals surface area contributed by atoms with Gasteiger partial charge in [-0.2, -0.15) is 0 Å². The van der Waals surface area contributed by atoms with Crippen molar-refractivity contribution >= 4 is 16.9 Å². The van der Waals surface area contributed by atoms with Crippen LogP contribution in [0.1, 0.15) is 22.9 Å². The van der Waals surface area contributed by atoms with Crippen molar-refractivity contribution in [3.8, 4) is 0 Å².